The summed E-state index contributed by atoms with van der Waals surface area (Å²) in [6.45, 7) is 13.3. The van der Waals surface area contributed by atoms with Crippen LogP contribution in [0, 0.1) is 33.5 Å². The number of fused-ring (bicyclic) bond motifs is 1. The van der Waals surface area contributed by atoms with Crippen LogP contribution in [0.25, 0.3) is 0 Å². The standard InChI is InChI=1S/C22H32O6/c1-10-14(24)7-8-20(6)16(26)17(27)21-11(2)15(25)9-13(19(21,4)5)18(22(10,20)21)28-12(3)23/h11,13-14,16-18,24,26-27H,1,7-9H2,2-6H3/t11-,13-,14-,16-,17-,18+,20-,21-,22+/m0/s1. The monoisotopic (exact) mass is 392 g/mol. The van der Waals surface area contributed by atoms with Gasteiger partial charge < -0.3 is 20.1 Å². The van der Waals surface area contributed by atoms with Crippen LogP contribution < -0.4 is 0 Å². The Labute approximate surface area is 166 Å². The average molecular weight is 392 g/mol. The summed E-state index contributed by atoms with van der Waals surface area (Å²) < 4.78 is 5.92. The van der Waals surface area contributed by atoms with E-state index in [1.54, 1.807) is 0 Å². The van der Waals surface area contributed by atoms with Crippen molar-refractivity contribution in [3.8, 4) is 0 Å². The minimum absolute atomic E-state index is 0.00159. The Morgan fingerprint density at radius 1 is 1.18 bits per heavy atom. The first-order valence-electron chi connectivity index (χ1n) is 10.3. The number of ketones is 1. The molecule has 0 heterocycles. The zero-order valence-electron chi connectivity index (χ0n) is 17.4. The van der Waals surface area contributed by atoms with Gasteiger partial charge in [-0.15, -0.1) is 0 Å². The van der Waals surface area contributed by atoms with E-state index in [0.717, 1.165) is 0 Å². The molecule has 0 unspecified atom stereocenters. The van der Waals surface area contributed by atoms with Gasteiger partial charge in [-0.2, -0.15) is 0 Å². The maximum atomic E-state index is 13.1. The van der Waals surface area contributed by atoms with E-state index < -0.39 is 58.0 Å². The molecule has 9 atom stereocenters. The predicted molar refractivity (Wildman–Crippen MR) is 101 cm³/mol. The van der Waals surface area contributed by atoms with Crippen molar-refractivity contribution >= 4 is 11.8 Å². The van der Waals surface area contributed by atoms with Crippen LogP contribution in [0.3, 0.4) is 0 Å². The quantitative estimate of drug-likeness (QED) is 0.463. The average Bonchev–Trinajstić information content (AvgIpc) is 2.82. The molecule has 0 aromatic heterocycles. The summed E-state index contributed by atoms with van der Waals surface area (Å²) in [5.41, 5.74) is -3.15. The van der Waals surface area contributed by atoms with Crippen molar-refractivity contribution in [3.63, 3.8) is 0 Å². The highest BCUT2D eigenvalue weighted by Crippen LogP contribution is 2.85. The first kappa shape index (κ1) is 20.0. The lowest BCUT2D eigenvalue weighted by atomic mass is 9.42. The number of carbonyl (C=O) groups excluding carboxylic acids is 2. The Morgan fingerprint density at radius 3 is 2.36 bits per heavy atom. The van der Waals surface area contributed by atoms with E-state index in [0.29, 0.717) is 18.4 Å². The fourth-order valence-electron chi connectivity index (χ4n) is 8.52. The summed E-state index contributed by atoms with van der Waals surface area (Å²) in [4.78, 5) is 25.3. The Bertz CT molecular complexity index is 773. The Hall–Kier alpha value is -1.24. The van der Waals surface area contributed by atoms with E-state index in [9.17, 15) is 24.9 Å². The third-order valence-electron chi connectivity index (χ3n) is 9.48. The van der Waals surface area contributed by atoms with Gasteiger partial charge in [0.2, 0.25) is 0 Å². The minimum atomic E-state index is -1.18. The van der Waals surface area contributed by atoms with Crippen molar-refractivity contribution in [2.75, 3.05) is 0 Å². The van der Waals surface area contributed by atoms with Crippen LogP contribution >= 0.6 is 0 Å². The molecule has 2 bridgehead atoms. The lowest BCUT2D eigenvalue weighted by Gasteiger charge is -2.60. The molecule has 0 aromatic rings. The van der Waals surface area contributed by atoms with Gasteiger partial charge in [0, 0.05) is 41.4 Å². The molecule has 6 nitrogen and oxygen atoms in total. The molecule has 0 saturated heterocycles. The van der Waals surface area contributed by atoms with Gasteiger partial charge in [-0.1, -0.05) is 34.3 Å². The first-order chi connectivity index (χ1) is 12.8. The number of esters is 1. The molecule has 0 aliphatic heterocycles. The molecular formula is C22H32O6. The van der Waals surface area contributed by atoms with Crippen LogP contribution in [0.4, 0.5) is 0 Å². The van der Waals surface area contributed by atoms with Gasteiger partial charge in [0.15, 0.2) is 0 Å². The molecule has 3 N–H and O–H groups in total. The summed E-state index contributed by atoms with van der Waals surface area (Å²) >= 11 is 0. The smallest absolute Gasteiger partial charge is 0.302 e. The zero-order chi connectivity index (χ0) is 21.0. The van der Waals surface area contributed by atoms with E-state index in [2.05, 4.69) is 6.58 Å². The molecular weight excluding hydrogens is 360 g/mol. The van der Waals surface area contributed by atoms with Crippen LogP contribution in [0.5, 0.6) is 0 Å². The highest BCUT2D eigenvalue weighted by atomic mass is 16.5. The predicted octanol–water partition coefficient (Wildman–Crippen LogP) is 1.61. The normalized spacial score (nSPS) is 54.3. The summed E-state index contributed by atoms with van der Waals surface area (Å²) in [6, 6.07) is 0. The number of rotatable bonds is 1. The van der Waals surface area contributed by atoms with Crippen LogP contribution in [0.2, 0.25) is 0 Å². The van der Waals surface area contributed by atoms with E-state index in [4.69, 9.17) is 4.74 Å². The fraction of sp³-hybridized carbons (Fsp3) is 0.818. The number of hydrogen-bond donors (Lipinski definition) is 3. The Balaban J connectivity index is 2.15. The molecule has 0 radical (unpaired) electrons. The third-order valence-corrected chi connectivity index (χ3v) is 9.48. The van der Waals surface area contributed by atoms with Crippen LogP contribution in [0.15, 0.2) is 12.2 Å². The maximum Gasteiger partial charge on any atom is 0.302 e. The van der Waals surface area contributed by atoms with Crippen molar-refractivity contribution in [1.29, 1.82) is 0 Å². The second kappa shape index (κ2) is 5.46. The number of Topliss-reactive ketones (excluding diaryl/α,β-unsaturated/α-hetero) is 1. The van der Waals surface area contributed by atoms with E-state index in [-0.39, 0.29) is 18.1 Å². The second-order valence-corrected chi connectivity index (χ2v) is 10.3. The van der Waals surface area contributed by atoms with E-state index >= 15 is 0 Å². The van der Waals surface area contributed by atoms with Crippen molar-refractivity contribution in [2.45, 2.75) is 78.3 Å². The first-order valence-corrected chi connectivity index (χ1v) is 10.3. The van der Waals surface area contributed by atoms with Gasteiger partial charge in [-0.05, 0) is 23.8 Å². The van der Waals surface area contributed by atoms with Crippen molar-refractivity contribution in [2.24, 2.45) is 33.5 Å². The number of ether oxygens (including phenoxy) is 1. The van der Waals surface area contributed by atoms with Crippen LogP contribution in [0.1, 0.15) is 53.9 Å². The number of carbonyl (C=O) groups is 2. The molecule has 6 heteroatoms. The number of hydrogen-bond acceptors (Lipinski definition) is 6. The summed E-state index contributed by atoms with van der Waals surface area (Å²) in [5.74, 6) is -1.35. The Morgan fingerprint density at radius 2 is 1.79 bits per heavy atom. The Kier molecular flexibility index (Phi) is 3.91. The molecule has 156 valence electrons. The molecule has 0 amide bonds. The second-order valence-electron chi connectivity index (χ2n) is 10.3. The SMILES string of the molecule is C=C1[C@@H](O)CC[C@@]2(C)[C@@H](O)[C@H](O)[C@]34[C@@H](C)C(=O)C[C@@H]([C@@H](OC(C)=O)[C@@]132)C4(C)C. The van der Waals surface area contributed by atoms with Crippen LogP contribution in [-0.2, 0) is 14.3 Å². The minimum Gasteiger partial charge on any atom is -0.461 e. The highest BCUT2D eigenvalue weighted by molar-refractivity contribution is 5.85. The molecule has 2 spiro atoms. The molecule has 0 aromatic carbocycles. The molecule has 4 rings (SSSR count). The van der Waals surface area contributed by atoms with Gasteiger partial charge in [-0.3, -0.25) is 9.59 Å². The molecule has 4 saturated carbocycles. The van der Waals surface area contributed by atoms with Crippen LogP contribution in [-0.4, -0.2) is 51.5 Å². The van der Waals surface area contributed by atoms with Crippen molar-refractivity contribution in [3.05, 3.63) is 12.2 Å². The van der Waals surface area contributed by atoms with Gasteiger partial charge in [0.25, 0.3) is 0 Å². The maximum absolute atomic E-state index is 13.1. The molecule has 4 fully saturated rings. The van der Waals surface area contributed by atoms with E-state index in [1.165, 1.54) is 6.92 Å². The lowest BCUT2D eigenvalue weighted by molar-refractivity contribution is -0.176. The van der Waals surface area contributed by atoms with Crippen molar-refractivity contribution in [1.82, 2.24) is 0 Å². The summed E-state index contributed by atoms with van der Waals surface area (Å²) in [5, 5.41) is 33.8. The summed E-state index contributed by atoms with van der Waals surface area (Å²) in [6.07, 6.45) is -2.74. The number of aliphatic hydroxyl groups is 3. The third kappa shape index (κ3) is 1.66. The zero-order valence-corrected chi connectivity index (χ0v) is 17.4. The lowest BCUT2D eigenvalue weighted by Crippen LogP contribution is -2.63. The molecule has 28 heavy (non-hydrogen) atoms. The van der Waals surface area contributed by atoms with Gasteiger partial charge >= 0.3 is 5.97 Å². The summed E-state index contributed by atoms with van der Waals surface area (Å²) in [7, 11) is 0. The topological polar surface area (TPSA) is 104 Å². The van der Waals surface area contributed by atoms with Crippen molar-refractivity contribution < 1.29 is 29.6 Å². The molecule has 4 aliphatic rings. The van der Waals surface area contributed by atoms with Gasteiger partial charge in [0.1, 0.15) is 11.9 Å². The molecule has 4 aliphatic carbocycles. The van der Waals surface area contributed by atoms with Gasteiger partial charge in [-0.25, -0.2) is 0 Å². The van der Waals surface area contributed by atoms with Gasteiger partial charge in [0.05, 0.1) is 18.3 Å². The van der Waals surface area contributed by atoms with E-state index in [1.807, 2.05) is 27.7 Å². The largest absolute Gasteiger partial charge is 0.461 e. The number of aliphatic hydroxyl groups excluding tert-OH is 3. The highest BCUT2D eigenvalue weighted by Gasteiger charge is 2.90. The fourth-order valence-corrected chi connectivity index (χ4v) is 8.52.